The highest BCUT2D eigenvalue weighted by Gasteiger charge is 2.29. The summed E-state index contributed by atoms with van der Waals surface area (Å²) in [6.07, 6.45) is 2.59. The molecule has 2 heterocycles. The first-order valence-electron chi connectivity index (χ1n) is 6.75. The average molecular weight is 348 g/mol. The van der Waals surface area contributed by atoms with Crippen LogP contribution in [-0.4, -0.2) is 23.0 Å². The highest BCUT2D eigenvalue weighted by atomic mass is 79.9. The summed E-state index contributed by atoms with van der Waals surface area (Å²) in [5.74, 6) is 0.859. The van der Waals surface area contributed by atoms with Crippen molar-refractivity contribution >= 4 is 27.4 Å². The molecule has 1 aliphatic heterocycles. The molecule has 0 N–H and O–H groups in total. The molecular weight excluding hydrogens is 334 g/mol. The van der Waals surface area contributed by atoms with Gasteiger partial charge in [-0.25, -0.2) is 4.98 Å². The number of pyridine rings is 1. The standard InChI is InChI=1S/C15H14BrN3O2/c16-13-8-14(19(20)21)15(17-9-13)18-7-6-12(10-18)11-4-2-1-3-5-11/h1-5,8-9,12H,6-7,10H2. The van der Waals surface area contributed by atoms with E-state index in [0.29, 0.717) is 16.2 Å². The second-order valence-electron chi connectivity index (χ2n) is 5.10. The van der Waals surface area contributed by atoms with Crippen molar-refractivity contribution in [2.45, 2.75) is 12.3 Å². The largest absolute Gasteiger partial charge is 0.350 e. The molecule has 6 heteroatoms. The maximum Gasteiger partial charge on any atom is 0.312 e. The molecule has 0 bridgehead atoms. The number of hydrogen-bond donors (Lipinski definition) is 0. The number of nitrogens with zero attached hydrogens (tertiary/aromatic N) is 3. The molecule has 1 aromatic carbocycles. The summed E-state index contributed by atoms with van der Waals surface area (Å²) in [5.41, 5.74) is 1.33. The molecule has 3 rings (SSSR count). The monoisotopic (exact) mass is 347 g/mol. The van der Waals surface area contributed by atoms with Crippen LogP contribution in [-0.2, 0) is 0 Å². The second-order valence-corrected chi connectivity index (χ2v) is 6.01. The minimum atomic E-state index is -0.372. The maximum absolute atomic E-state index is 11.2. The zero-order valence-electron chi connectivity index (χ0n) is 11.3. The number of aromatic nitrogens is 1. The Morgan fingerprint density at radius 1 is 1.33 bits per heavy atom. The first-order valence-corrected chi connectivity index (χ1v) is 7.54. The third-order valence-electron chi connectivity index (χ3n) is 3.77. The predicted molar refractivity (Wildman–Crippen MR) is 84.6 cm³/mol. The van der Waals surface area contributed by atoms with E-state index >= 15 is 0 Å². The molecule has 1 fully saturated rings. The second kappa shape index (κ2) is 5.81. The molecule has 1 saturated heterocycles. The van der Waals surface area contributed by atoms with Gasteiger partial charge < -0.3 is 4.90 Å². The fourth-order valence-electron chi connectivity index (χ4n) is 2.75. The Balaban J connectivity index is 1.85. The van der Waals surface area contributed by atoms with E-state index in [1.165, 1.54) is 11.6 Å². The first-order chi connectivity index (χ1) is 10.1. The lowest BCUT2D eigenvalue weighted by molar-refractivity contribution is -0.384. The number of rotatable bonds is 3. The zero-order chi connectivity index (χ0) is 14.8. The maximum atomic E-state index is 11.2. The molecule has 2 aromatic rings. The van der Waals surface area contributed by atoms with Gasteiger partial charge in [0.15, 0.2) is 0 Å². The summed E-state index contributed by atoms with van der Waals surface area (Å²) >= 11 is 3.24. The van der Waals surface area contributed by atoms with Crippen molar-refractivity contribution < 1.29 is 4.92 Å². The van der Waals surface area contributed by atoms with Gasteiger partial charge in [-0.15, -0.1) is 0 Å². The Labute approximate surface area is 130 Å². The number of anilines is 1. The van der Waals surface area contributed by atoms with Crippen molar-refractivity contribution in [1.29, 1.82) is 0 Å². The van der Waals surface area contributed by atoms with Crippen LogP contribution in [0.2, 0.25) is 0 Å². The minimum Gasteiger partial charge on any atom is -0.350 e. The van der Waals surface area contributed by atoms with Crippen LogP contribution in [0.4, 0.5) is 11.5 Å². The first kappa shape index (κ1) is 14.0. The summed E-state index contributed by atoms with van der Waals surface area (Å²) < 4.78 is 0.622. The van der Waals surface area contributed by atoms with Crippen LogP contribution >= 0.6 is 15.9 Å². The molecule has 1 unspecified atom stereocenters. The van der Waals surface area contributed by atoms with Gasteiger partial charge in [-0.3, -0.25) is 10.1 Å². The third kappa shape index (κ3) is 2.90. The van der Waals surface area contributed by atoms with Crippen molar-refractivity contribution in [2.75, 3.05) is 18.0 Å². The van der Waals surface area contributed by atoms with Crippen LogP contribution in [0, 0.1) is 10.1 Å². The van der Waals surface area contributed by atoms with Crippen molar-refractivity contribution in [3.63, 3.8) is 0 Å². The quantitative estimate of drug-likeness (QED) is 0.626. The summed E-state index contributed by atoms with van der Waals surface area (Å²) in [5, 5.41) is 11.2. The molecule has 21 heavy (non-hydrogen) atoms. The third-order valence-corrected chi connectivity index (χ3v) is 4.20. The fourth-order valence-corrected chi connectivity index (χ4v) is 3.07. The van der Waals surface area contributed by atoms with Gasteiger partial charge >= 0.3 is 5.69 Å². The van der Waals surface area contributed by atoms with Crippen LogP contribution < -0.4 is 4.90 Å². The lowest BCUT2D eigenvalue weighted by atomic mass is 9.99. The Morgan fingerprint density at radius 2 is 2.10 bits per heavy atom. The topological polar surface area (TPSA) is 59.3 Å². The van der Waals surface area contributed by atoms with Gasteiger partial charge in [0, 0.05) is 35.7 Å². The summed E-state index contributed by atoms with van der Waals surface area (Å²) in [7, 11) is 0. The van der Waals surface area contributed by atoms with Gasteiger partial charge in [0.05, 0.1) is 4.92 Å². The molecule has 0 spiro atoms. The highest BCUT2D eigenvalue weighted by Crippen LogP contribution is 2.35. The van der Waals surface area contributed by atoms with E-state index in [-0.39, 0.29) is 10.6 Å². The van der Waals surface area contributed by atoms with Gasteiger partial charge in [-0.05, 0) is 27.9 Å². The molecule has 1 atom stereocenters. The Bertz CT molecular complexity index is 663. The van der Waals surface area contributed by atoms with Crippen LogP contribution in [0.5, 0.6) is 0 Å². The van der Waals surface area contributed by atoms with Gasteiger partial charge in [0.25, 0.3) is 0 Å². The summed E-state index contributed by atoms with van der Waals surface area (Å²) in [4.78, 5) is 17.1. The van der Waals surface area contributed by atoms with Crippen molar-refractivity contribution in [3.05, 3.63) is 62.7 Å². The normalized spacial score (nSPS) is 18.0. The molecule has 5 nitrogen and oxygen atoms in total. The predicted octanol–water partition coefficient (Wildman–Crippen LogP) is 3.75. The zero-order valence-corrected chi connectivity index (χ0v) is 12.9. The van der Waals surface area contributed by atoms with Crippen molar-refractivity contribution in [2.24, 2.45) is 0 Å². The molecule has 0 saturated carbocycles. The van der Waals surface area contributed by atoms with Crippen LogP contribution in [0.25, 0.3) is 0 Å². The van der Waals surface area contributed by atoms with Crippen molar-refractivity contribution in [3.8, 4) is 0 Å². The Hall–Kier alpha value is -1.95. The Kier molecular flexibility index (Phi) is 3.88. The van der Waals surface area contributed by atoms with Crippen LogP contribution in [0.1, 0.15) is 17.9 Å². The van der Waals surface area contributed by atoms with Gasteiger partial charge in [0.1, 0.15) is 0 Å². The van der Waals surface area contributed by atoms with E-state index in [1.807, 2.05) is 23.1 Å². The summed E-state index contributed by atoms with van der Waals surface area (Å²) in [6.45, 7) is 1.55. The number of benzene rings is 1. The van der Waals surface area contributed by atoms with Crippen LogP contribution in [0.15, 0.2) is 47.1 Å². The molecular formula is C15H14BrN3O2. The van der Waals surface area contributed by atoms with Crippen LogP contribution in [0.3, 0.4) is 0 Å². The van der Waals surface area contributed by atoms with E-state index < -0.39 is 0 Å². The number of halogens is 1. The lowest BCUT2D eigenvalue weighted by Crippen LogP contribution is -2.21. The smallest absolute Gasteiger partial charge is 0.312 e. The van der Waals surface area contributed by atoms with Gasteiger partial charge in [-0.1, -0.05) is 30.3 Å². The van der Waals surface area contributed by atoms with E-state index in [9.17, 15) is 10.1 Å². The Morgan fingerprint density at radius 3 is 2.81 bits per heavy atom. The molecule has 1 aliphatic rings. The lowest BCUT2D eigenvalue weighted by Gasteiger charge is -2.17. The van der Waals surface area contributed by atoms with Gasteiger partial charge in [0.2, 0.25) is 5.82 Å². The molecule has 0 amide bonds. The molecule has 0 aliphatic carbocycles. The number of nitro groups is 1. The van der Waals surface area contributed by atoms with E-state index in [0.717, 1.165) is 19.5 Å². The number of hydrogen-bond acceptors (Lipinski definition) is 4. The molecule has 1 aromatic heterocycles. The van der Waals surface area contributed by atoms with E-state index in [2.05, 4.69) is 33.0 Å². The fraction of sp³-hybridized carbons (Fsp3) is 0.267. The highest BCUT2D eigenvalue weighted by molar-refractivity contribution is 9.10. The van der Waals surface area contributed by atoms with E-state index in [4.69, 9.17) is 0 Å². The van der Waals surface area contributed by atoms with Gasteiger partial charge in [-0.2, -0.15) is 0 Å². The average Bonchev–Trinajstić information content (AvgIpc) is 2.97. The van der Waals surface area contributed by atoms with Crippen molar-refractivity contribution in [1.82, 2.24) is 4.98 Å². The van der Waals surface area contributed by atoms with E-state index in [1.54, 1.807) is 6.20 Å². The molecule has 108 valence electrons. The molecule has 0 radical (unpaired) electrons. The SMILES string of the molecule is O=[N+]([O-])c1cc(Br)cnc1N1CCC(c2ccccc2)C1. The summed E-state index contributed by atoms with van der Waals surface area (Å²) in [6, 6.07) is 11.8. The minimum absolute atomic E-state index is 0.0538.